The molecule has 0 saturated heterocycles. The summed E-state index contributed by atoms with van der Waals surface area (Å²) in [6.07, 6.45) is 1.22. The molecule has 1 heterocycles. The monoisotopic (exact) mass is 275 g/mol. The minimum absolute atomic E-state index is 0.0714. The molecule has 0 aliphatic heterocycles. The first-order valence-electron chi connectivity index (χ1n) is 6.19. The standard InChI is InChI=1S/C15H17NO2S/c1-16(8-7-14-6-3-9-19-14)15(18)11-12-4-2-5-13(17)10-12/h2-6,9-10,17H,7-8,11H2,1H3. The minimum Gasteiger partial charge on any atom is -0.508 e. The van der Waals surface area contributed by atoms with Crippen molar-refractivity contribution in [3.63, 3.8) is 0 Å². The normalized spacial score (nSPS) is 10.4. The van der Waals surface area contributed by atoms with Gasteiger partial charge in [-0.3, -0.25) is 4.79 Å². The van der Waals surface area contributed by atoms with Gasteiger partial charge in [0, 0.05) is 18.5 Å². The summed E-state index contributed by atoms with van der Waals surface area (Å²) in [6, 6.07) is 10.9. The highest BCUT2D eigenvalue weighted by atomic mass is 32.1. The Balaban J connectivity index is 1.85. The SMILES string of the molecule is CN(CCc1cccs1)C(=O)Cc1cccc(O)c1. The maximum absolute atomic E-state index is 12.0. The van der Waals surface area contributed by atoms with Crippen LogP contribution >= 0.6 is 11.3 Å². The molecule has 0 unspecified atom stereocenters. The van der Waals surface area contributed by atoms with Crippen molar-refractivity contribution in [3.05, 3.63) is 52.2 Å². The van der Waals surface area contributed by atoms with Gasteiger partial charge in [-0.2, -0.15) is 0 Å². The van der Waals surface area contributed by atoms with Crippen molar-refractivity contribution in [1.29, 1.82) is 0 Å². The van der Waals surface area contributed by atoms with Gasteiger partial charge in [-0.05, 0) is 35.6 Å². The van der Waals surface area contributed by atoms with Gasteiger partial charge in [-0.25, -0.2) is 0 Å². The van der Waals surface area contributed by atoms with E-state index in [1.54, 1.807) is 34.4 Å². The third kappa shape index (κ3) is 4.10. The third-order valence-corrected chi connectivity index (χ3v) is 3.90. The Morgan fingerprint density at radius 3 is 2.84 bits per heavy atom. The summed E-state index contributed by atoms with van der Waals surface area (Å²) in [5, 5.41) is 11.4. The van der Waals surface area contributed by atoms with Gasteiger partial charge in [0.15, 0.2) is 0 Å². The number of nitrogens with zero attached hydrogens (tertiary/aromatic N) is 1. The smallest absolute Gasteiger partial charge is 0.226 e. The lowest BCUT2D eigenvalue weighted by molar-refractivity contribution is -0.129. The number of thiophene rings is 1. The molecule has 1 aromatic heterocycles. The van der Waals surface area contributed by atoms with E-state index >= 15 is 0 Å². The first-order chi connectivity index (χ1) is 9.15. The average molecular weight is 275 g/mol. The average Bonchev–Trinajstić information content (AvgIpc) is 2.89. The molecule has 0 radical (unpaired) electrons. The lowest BCUT2D eigenvalue weighted by atomic mass is 10.1. The number of hydrogen-bond acceptors (Lipinski definition) is 3. The molecular formula is C15H17NO2S. The largest absolute Gasteiger partial charge is 0.508 e. The molecule has 1 aromatic carbocycles. The van der Waals surface area contributed by atoms with Crippen LogP contribution in [-0.4, -0.2) is 29.5 Å². The van der Waals surface area contributed by atoms with E-state index in [4.69, 9.17) is 0 Å². The molecule has 0 saturated carbocycles. The summed E-state index contributed by atoms with van der Waals surface area (Å²) < 4.78 is 0. The predicted octanol–water partition coefficient (Wildman–Crippen LogP) is 2.70. The zero-order chi connectivity index (χ0) is 13.7. The fraction of sp³-hybridized carbons (Fsp3) is 0.267. The quantitative estimate of drug-likeness (QED) is 0.911. The van der Waals surface area contributed by atoms with E-state index in [-0.39, 0.29) is 11.7 Å². The highest BCUT2D eigenvalue weighted by molar-refractivity contribution is 7.09. The fourth-order valence-corrected chi connectivity index (χ4v) is 2.53. The molecule has 2 rings (SSSR count). The summed E-state index contributed by atoms with van der Waals surface area (Å²) in [4.78, 5) is 15.1. The Morgan fingerprint density at radius 2 is 2.16 bits per heavy atom. The molecule has 0 fully saturated rings. The van der Waals surface area contributed by atoms with Gasteiger partial charge in [0.2, 0.25) is 5.91 Å². The number of carbonyl (C=O) groups is 1. The van der Waals surface area contributed by atoms with Crippen molar-refractivity contribution < 1.29 is 9.90 Å². The van der Waals surface area contributed by atoms with Crippen LogP contribution in [0.25, 0.3) is 0 Å². The Kier molecular flexibility index (Phi) is 4.58. The minimum atomic E-state index is 0.0714. The van der Waals surface area contributed by atoms with E-state index < -0.39 is 0 Å². The van der Waals surface area contributed by atoms with E-state index in [2.05, 4.69) is 6.07 Å². The van der Waals surface area contributed by atoms with Crippen molar-refractivity contribution in [2.75, 3.05) is 13.6 Å². The summed E-state index contributed by atoms with van der Waals surface area (Å²) in [6.45, 7) is 0.720. The highest BCUT2D eigenvalue weighted by Gasteiger charge is 2.10. The van der Waals surface area contributed by atoms with Gasteiger partial charge in [0.1, 0.15) is 5.75 Å². The van der Waals surface area contributed by atoms with Crippen LogP contribution in [0.3, 0.4) is 0 Å². The highest BCUT2D eigenvalue weighted by Crippen LogP contribution is 2.13. The van der Waals surface area contributed by atoms with E-state index in [0.717, 1.165) is 18.5 Å². The lowest BCUT2D eigenvalue weighted by Gasteiger charge is -2.16. The van der Waals surface area contributed by atoms with Crippen LogP contribution in [0.1, 0.15) is 10.4 Å². The fourth-order valence-electron chi connectivity index (χ4n) is 1.83. The van der Waals surface area contributed by atoms with Crippen LogP contribution in [0, 0.1) is 0 Å². The summed E-state index contributed by atoms with van der Waals surface area (Å²) in [7, 11) is 1.82. The molecule has 3 nitrogen and oxygen atoms in total. The molecule has 0 aliphatic rings. The van der Waals surface area contributed by atoms with Gasteiger partial charge in [-0.1, -0.05) is 18.2 Å². The van der Waals surface area contributed by atoms with Crippen LogP contribution in [-0.2, 0) is 17.6 Å². The van der Waals surface area contributed by atoms with E-state index in [1.807, 2.05) is 24.6 Å². The molecule has 0 atom stereocenters. The van der Waals surface area contributed by atoms with Crippen molar-refractivity contribution in [2.45, 2.75) is 12.8 Å². The molecule has 2 aromatic rings. The Hall–Kier alpha value is -1.81. The van der Waals surface area contributed by atoms with Gasteiger partial charge >= 0.3 is 0 Å². The van der Waals surface area contributed by atoms with Crippen molar-refractivity contribution in [3.8, 4) is 5.75 Å². The third-order valence-electron chi connectivity index (χ3n) is 2.97. The van der Waals surface area contributed by atoms with E-state index in [9.17, 15) is 9.90 Å². The zero-order valence-electron chi connectivity index (χ0n) is 10.9. The maximum Gasteiger partial charge on any atom is 0.226 e. The number of carbonyl (C=O) groups excluding carboxylic acids is 1. The molecule has 100 valence electrons. The molecule has 19 heavy (non-hydrogen) atoms. The van der Waals surface area contributed by atoms with Crippen molar-refractivity contribution in [1.82, 2.24) is 4.90 Å². The zero-order valence-corrected chi connectivity index (χ0v) is 11.7. The molecule has 4 heteroatoms. The maximum atomic E-state index is 12.0. The predicted molar refractivity (Wildman–Crippen MR) is 77.5 cm³/mol. The summed E-state index contributed by atoms with van der Waals surface area (Å²) >= 11 is 1.71. The van der Waals surface area contributed by atoms with Crippen molar-refractivity contribution >= 4 is 17.2 Å². The van der Waals surface area contributed by atoms with Crippen LogP contribution in [0.5, 0.6) is 5.75 Å². The van der Waals surface area contributed by atoms with Crippen LogP contribution in [0.15, 0.2) is 41.8 Å². The molecule has 0 spiro atoms. The second-order valence-corrected chi connectivity index (χ2v) is 5.52. The van der Waals surface area contributed by atoms with E-state index in [0.29, 0.717) is 6.42 Å². The lowest BCUT2D eigenvalue weighted by Crippen LogP contribution is -2.30. The summed E-state index contributed by atoms with van der Waals surface area (Å²) in [5.74, 6) is 0.272. The number of aromatic hydroxyl groups is 1. The van der Waals surface area contributed by atoms with Crippen molar-refractivity contribution in [2.24, 2.45) is 0 Å². The Labute approximate surface area is 117 Å². The van der Waals surface area contributed by atoms with Gasteiger partial charge in [0.05, 0.1) is 6.42 Å². The van der Waals surface area contributed by atoms with E-state index in [1.165, 1.54) is 4.88 Å². The number of likely N-dealkylation sites (N-methyl/N-ethyl adjacent to an activating group) is 1. The van der Waals surface area contributed by atoms with Gasteiger partial charge in [-0.15, -0.1) is 11.3 Å². The first kappa shape index (κ1) is 13.6. The first-order valence-corrected chi connectivity index (χ1v) is 7.07. The van der Waals surface area contributed by atoms with Crippen LogP contribution in [0.2, 0.25) is 0 Å². The molecule has 1 N–H and O–H groups in total. The summed E-state index contributed by atoms with van der Waals surface area (Å²) in [5.41, 5.74) is 0.841. The molecule has 0 bridgehead atoms. The number of amides is 1. The molecule has 1 amide bonds. The Bertz CT molecular complexity index is 537. The number of phenols is 1. The second kappa shape index (κ2) is 6.38. The van der Waals surface area contributed by atoms with Crippen LogP contribution in [0.4, 0.5) is 0 Å². The topological polar surface area (TPSA) is 40.5 Å². The van der Waals surface area contributed by atoms with Gasteiger partial charge in [0.25, 0.3) is 0 Å². The second-order valence-electron chi connectivity index (χ2n) is 4.49. The van der Waals surface area contributed by atoms with Crippen LogP contribution < -0.4 is 0 Å². The molecular weight excluding hydrogens is 258 g/mol. The number of benzene rings is 1. The number of rotatable bonds is 5. The number of phenolic OH excluding ortho intramolecular Hbond substituents is 1. The molecule has 0 aliphatic carbocycles. The number of hydrogen-bond donors (Lipinski definition) is 1. The Morgan fingerprint density at radius 1 is 1.32 bits per heavy atom. The van der Waals surface area contributed by atoms with Gasteiger partial charge < -0.3 is 10.0 Å².